The van der Waals surface area contributed by atoms with Gasteiger partial charge in [0.1, 0.15) is 5.75 Å². The summed E-state index contributed by atoms with van der Waals surface area (Å²) in [4.78, 5) is 23.7. The smallest absolute Gasteiger partial charge is 0.243 e. The lowest BCUT2D eigenvalue weighted by Gasteiger charge is -2.30. The first-order valence-corrected chi connectivity index (χ1v) is 12.1. The molecule has 3 rings (SSSR count). The normalized spacial score (nSPS) is 15.3. The van der Waals surface area contributed by atoms with E-state index in [-0.39, 0.29) is 41.3 Å². The van der Waals surface area contributed by atoms with E-state index in [1.54, 1.807) is 30.3 Å². The van der Waals surface area contributed by atoms with Crippen LogP contribution in [-0.2, 0) is 26.0 Å². The summed E-state index contributed by atoms with van der Waals surface area (Å²) in [5, 5.41) is 3.09. The summed E-state index contributed by atoms with van der Waals surface area (Å²) in [6.45, 7) is 2.73. The van der Waals surface area contributed by atoms with Crippen molar-refractivity contribution in [3.63, 3.8) is 0 Å². The number of nitrogens with one attached hydrogen (secondary N) is 1. The number of hydrogen-bond donors (Lipinski definition) is 2. The Bertz CT molecular complexity index is 1080. The standard InChI is InChI=1S/C22H26ClN3O5S/c1-2-31-20-8-7-18(14-19(20)23)32(29,30)26-11-9-16(10-12-26)22(28)25-17-5-3-15(4-6-17)13-21(24)27/h3-8,14,16H,2,9-13H2,1H3,(H2,24,27)(H,25,28). The zero-order chi connectivity index (χ0) is 23.3. The fourth-order valence-electron chi connectivity index (χ4n) is 3.57. The van der Waals surface area contributed by atoms with Crippen molar-refractivity contribution in [2.45, 2.75) is 31.1 Å². The van der Waals surface area contributed by atoms with Crippen molar-refractivity contribution < 1.29 is 22.7 Å². The average Bonchev–Trinajstić information content (AvgIpc) is 2.76. The SMILES string of the molecule is CCOc1ccc(S(=O)(=O)N2CCC(C(=O)Nc3ccc(CC(N)=O)cc3)CC2)cc1Cl. The molecule has 3 N–H and O–H groups in total. The van der Waals surface area contributed by atoms with Gasteiger partial charge >= 0.3 is 0 Å². The summed E-state index contributed by atoms with van der Waals surface area (Å²) in [6, 6.07) is 11.3. The fraction of sp³-hybridized carbons (Fsp3) is 0.364. The van der Waals surface area contributed by atoms with Gasteiger partial charge in [0.15, 0.2) is 0 Å². The van der Waals surface area contributed by atoms with Gasteiger partial charge in [-0.1, -0.05) is 23.7 Å². The Hall–Kier alpha value is -2.62. The molecule has 1 aliphatic heterocycles. The number of rotatable bonds is 8. The molecule has 1 heterocycles. The average molecular weight is 480 g/mol. The summed E-state index contributed by atoms with van der Waals surface area (Å²) in [5.74, 6) is -0.438. The van der Waals surface area contributed by atoms with Crippen molar-refractivity contribution in [2.75, 3.05) is 25.0 Å². The third kappa shape index (κ3) is 5.79. The molecule has 0 aliphatic carbocycles. The van der Waals surface area contributed by atoms with Crippen molar-refractivity contribution in [3.8, 4) is 5.75 Å². The molecular formula is C22H26ClN3O5S. The largest absolute Gasteiger partial charge is 0.492 e. The molecule has 2 aromatic rings. The molecule has 0 saturated carbocycles. The highest BCUT2D eigenvalue weighted by Crippen LogP contribution is 2.30. The van der Waals surface area contributed by atoms with E-state index in [9.17, 15) is 18.0 Å². The van der Waals surface area contributed by atoms with Crippen LogP contribution in [0.2, 0.25) is 5.02 Å². The maximum absolute atomic E-state index is 13.0. The van der Waals surface area contributed by atoms with Gasteiger partial charge in [-0.25, -0.2) is 8.42 Å². The fourth-order valence-corrected chi connectivity index (χ4v) is 5.37. The molecule has 0 aromatic heterocycles. The van der Waals surface area contributed by atoms with Crippen LogP contribution in [0.5, 0.6) is 5.75 Å². The third-order valence-electron chi connectivity index (χ3n) is 5.27. The van der Waals surface area contributed by atoms with Crippen molar-refractivity contribution in [1.82, 2.24) is 4.31 Å². The van der Waals surface area contributed by atoms with Gasteiger partial charge in [0.2, 0.25) is 21.8 Å². The van der Waals surface area contributed by atoms with E-state index in [4.69, 9.17) is 22.1 Å². The lowest BCUT2D eigenvalue weighted by atomic mass is 9.97. The maximum Gasteiger partial charge on any atom is 0.243 e. The summed E-state index contributed by atoms with van der Waals surface area (Å²) >= 11 is 6.15. The Kier molecular flexibility index (Phi) is 7.76. The van der Waals surface area contributed by atoms with Crippen molar-refractivity contribution in [1.29, 1.82) is 0 Å². The lowest BCUT2D eigenvalue weighted by Crippen LogP contribution is -2.41. The summed E-state index contributed by atoms with van der Waals surface area (Å²) in [5.41, 5.74) is 6.56. The topological polar surface area (TPSA) is 119 Å². The van der Waals surface area contributed by atoms with Crippen LogP contribution in [0.1, 0.15) is 25.3 Å². The predicted octanol–water partition coefficient (Wildman–Crippen LogP) is 2.81. The van der Waals surface area contributed by atoms with Crippen LogP contribution >= 0.6 is 11.6 Å². The summed E-state index contributed by atoms with van der Waals surface area (Å²) in [6.07, 6.45) is 0.964. The minimum atomic E-state index is -3.72. The van der Waals surface area contributed by atoms with E-state index in [2.05, 4.69) is 5.32 Å². The van der Waals surface area contributed by atoms with Gasteiger partial charge in [-0.3, -0.25) is 9.59 Å². The number of anilines is 1. The number of nitrogens with zero attached hydrogens (tertiary/aromatic N) is 1. The summed E-state index contributed by atoms with van der Waals surface area (Å²) < 4.78 is 32.7. The first kappa shape index (κ1) is 24.0. The van der Waals surface area contributed by atoms with Gasteiger partial charge in [-0.05, 0) is 55.7 Å². The second kappa shape index (κ2) is 10.3. The lowest BCUT2D eigenvalue weighted by molar-refractivity contribution is -0.121. The number of halogens is 1. The number of carbonyl (C=O) groups excluding carboxylic acids is 2. The molecule has 0 radical (unpaired) electrons. The number of carbonyl (C=O) groups is 2. The quantitative estimate of drug-likeness (QED) is 0.603. The number of piperidine rings is 1. The van der Waals surface area contributed by atoms with Crippen LogP contribution in [-0.4, -0.2) is 44.2 Å². The molecule has 2 aromatic carbocycles. The minimum absolute atomic E-state index is 0.102. The number of amides is 2. The number of sulfonamides is 1. The van der Waals surface area contributed by atoms with Crippen LogP contribution < -0.4 is 15.8 Å². The Morgan fingerprint density at radius 1 is 1.16 bits per heavy atom. The second-order valence-corrected chi connectivity index (χ2v) is 9.88. The first-order chi connectivity index (χ1) is 15.2. The van der Waals surface area contributed by atoms with E-state index in [0.29, 0.717) is 30.9 Å². The van der Waals surface area contributed by atoms with Gasteiger partial charge in [-0.15, -0.1) is 0 Å². The molecule has 8 nitrogen and oxygen atoms in total. The molecular weight excluding hydrogens is 454 g/mol. The second-order valence-electron chi connectivity index (χ2n) is 7.53. The highest BCUT2D eigenvalue weighted by molar-refractivity contribution is 7.89. The van der Waals surface area contributed by atoms with E-state index >= 15 is 0 Å². The predicted molar refractivity (Wildman–Crippen MR) is 122 cm³/mol. The monoisotopic (exact) mass is 479 g/mol. The van der Waals surface area contributed by atoms with E-state index in [1.807, 2.05) is 6.92 Å². The minimum Gasteiger partial charge on any atom is -0.492 e. The van der Waals surface area contributed by atoms with Gasteiger partial charge in [0.05, 0.1) is 22.9 Å². The summed E-state index contributed by atoms with van der Waals surface area (Å²) in [7, 11) is -3.72. The van der Waals surface area contributed by atoms with Crippen LogP contribution in [0.25, 0.3) is 0 Å². The molecule has 172 valence electrons. The van der Waals surface area contributed by atoms with Gasteiger partial charge in [0.25, 0.3) is 0 Å². The van der Waals surface area contributed by atoms with Crippen LogP contribution in [0.15, 0.2) is 47.4 Å². The Morgan fingerprint density at radius 3 is 2.38 bits per heavy atom. The highest BCUT2D eigenvalue weighted by Gasteiger charge is 2.32. The molecule has 2 amide bonds. The van der Waals surface area contributed by atoms with Crippen LogP contribution in [0.3, 0.4) is 0 Å². The first-order valence-electron chi connectivity index (χ1n) is 10.3. The number of primary amides is 1. The van der Waals surface area contributed by atoms with E-state index < -0.39 is 15.9 Å². The van der Waals surface area contributed by atoms with E-state index in [1.165, 1.54) is 16.4 Å². The number of nitrogens with two attached hydrogens (primary N) is 1. The Balaban J connectivity index is 1.58. The van der Waals surface area contributed by atoms with Crippen LogP contribution in [0, 0.1) is 5.92 Å². The van der Waals surface area contributed by atoms with E-state index in [0.717, 1.165) is 5.56 Å². The Morgan fingerprint density at radius 2 is 1.81 bits per heavy atom. The molecule has 1 fully saturated rings. The van der Waals surface area contributed by atoms with Crippen molar-refractivity contribution in [3.05, 3.63) is 53.1 Å². The zero-order valence-electron chi connectivity index (χ0n) is 17.7. The molecule has 0 bridgehead atoms. The van der Waals surface area contributed by atoms with Gasteiger partial charge in [0, 0.05) is 24.7 Å². The third-order valence-corrected chi connectivity index (χ3v) is 7.46. The maximum atomic E-state index is 13.0. The molecule has 10 heteroatoms. The number of ether oxygens (including phenoxy) is 1. The number of hydrogen-bond acceptors (Lipinski definition) is 5. The molecule has 0 spiro atoms. The van der Waals surface area contributed by atoms with Crippen molar-refractivity contribution >= 4 is 39.1 Å². The number of benzene rings is 2. The molecule has 32 heavy (non-hydrogen) atoms. The molecule has 0 atom stereocenters. The molecule has 1 saturated heterocycles. The molecule has 1 aliphatic rings. The van der Waals surface area contributed by atoms with Gasteiger partial charge < -0.3 is 15.8 Å². The van der Waals surface area contributed by atoms with Crippen molar-refractivity contribution in [2.24, 2.45) is 11.7 Å². The highest BCUT2D eigenvalue weighted by atomic mass is 35.5. The van der Waals surface area contributed by atoms with Crippen LogP contribution in [0.4, 0.5) is 5.69 Å². The van der Waals surface area contributed by atoms with Gasteiger partial charge in [-0.2, -0.15) is 4.31 Å². The zero-order valence-corrected chi connectivity index (χ0v) is 19.3. The molecule has 0 unspecified atom stereocenters. The Labute approximate surface area is 192 Å².